The third-order valence-corrected chi connectivity index (χ3v) is 5.86. The maximum absolute atomic E-state index is 5.02. The highest BCUT2D eigenvalue weighted by Crippen LogP contribution is 2.42. The third-order valence-electron chi connectivity index (χ3n) is 4.70. The summed E-state index contributed by atoms with van der Waals surface area (Å²) in [6.45, 7) is 2.29. The van der Waals surface area contributed by atoms with Crippen molar-refractivity contribution in [2.75, 3.05) is 5.75 Å². The van der Waals surface area contributed by atoms with Crippen molar-refractivity contribution in [2.24, 2.45) is 4.99 Å². The maximum Gasteiger partial charge on any atom is 0.157 e. The van der Waals surface area contributed by atoms with E-state index in [0.717, 1.165) is 0 Å². The molecule has 2 aliphatic carbocycles. The molecule has 3 heteroatoms. The van der Waals surface area contributed by atoms with Crippen LogP contribution in [0.25, 0.3) is 0 Å². The highest BCUT2D eigenvalue weighted by atomic mass is 32.2. The van der Waals surface area contributed by atoms with Crippen molar-refractivity contribution in [3.05, 3.63) is 0 Å². The van der Waals surface area contributed by atoms with Gasteiger partial charge in [0.15, 0.2) is 5.17 Å². The molecule has 3 aliphatic rings. The Balaban J connectivity index is 1.70. The summed E-state index contributed by atoms with van der Waals surface area (Å²) >= 11 is 1.97. The molecule has 1 heterocycles. The number of amidine groups is 1. The van der Waals surface area contributed by atoms with Crippen LogP contribution in [-0.4, -0.2) is 22.0 Å². The van der Waals surface area contributed by atoms with E-state index in [1.165, 1.54) is 62.3 Å². The number of nitrogens with one attached hydrogen (secondary N) is 1. The predicted octanol–water partition coefficient (Wildman–Crippen LogP) is 3.32. The molecule has 0 bridgehead atoms. The van der Waals surface area contributed by atoms with E-state index in [9.17, 15) is 0 Å². The van der Waals surface area contributed by atoms with Gasteiger partial charge in [0.2, 0.25) is 0 Å². The molecule has 2 saturated carbocycles. The van der Waals surface area contributed by atoms with Crippen LogP contribution in [0.1, 0.15) is 58.3 Å². The molecule has 1 aliphatic heterocycles. The zero-order chi connectivity index (χ0) is 11.1. The highest BCUT2D eigenvalue weighted by molar-refractivity contribution is 8.14. The van der Waals surface area contributed by atoms with Crippen molar-refractivity contribution in [2.45, 2.75) is 69.4 Å². The van der Waals surface area contributed by atoms with Crippen LogP contribution in [-0.2, 0) is 0 Å². The lowest BCUT2D eigenvalue weighted by atomic mass is 9.75. The smallest absolute Gasteiger partial charge is 0.157 e. The van der Waals surface area contributed by atoms with Gasteiger partial charge in [-0.2, -0.15) is 0 Å². The van der Waals surface area contributed by atoms with E-state index in [-0.39, 0.29) is 0 Å². The maximum atomic E-state index is 5.02. The van der Waals surface area contributed by atoms with Crippen LogP contribution in [0.2, 0.25) is 0 Å². The fourth-order valence-electron chi connectivity index (χ4n) is 3.23. The quantitative estimate of drug-likeness (QED) is 0.798. The molecule has 0 unspecified atom stereocenters. The average molecular weight is 238 g/mol. The number of nitrogens with zero attached hydrogens (tertiary/aromatic N) is 1. The van der Waals surface area contributed by atoms with Gasteiger partial charge < -0.3 is 5.32 Å². The van der Waals surface area contributed by atoms with Gasteiger partial charge in [-0.1, -0.05) is 31.5 Å². The fraction of sp³-hybridized carbons (Fsp3) is 0.923. The second-order valence-electron chi connectivity index (χ2n) is 5.75. The van der Waals surface area contributed by atoms with Crippen LogP contribution in [0.3, 0.4) is 0 Å². The van der Waals surface area contributed by atoms with Crippen molar-refractivity contribution in [3.8, 4) is 0 Å². The second-order valence-corrected chi connectivity index (χ2v) is 6.71. The van der Waals surface area contributed by atoms with Crippen LogP contribution >= 0.6 is 11.8 Å². The molecule has 0 atom stereocenters. The molecule has 0 aromatic heterocycles. The second kappa shape index (κ2) is 3.94. The molecule has 0 aromatic carbocycles. The van der Waals surface area contributed by atoms with Crippen LogP contribution in [0.5, 0.6) is 0 Å². The molecule has 3 fully saturated rings. The van der Waals surface area contributed by atoms with Gasteiger partial charge in [0.25, 0.3) is 0 Å². The van der Waals surface area contributed by atoms with E-state index >= 15 is 0 Å². The van der Waals surface area contributed by atoms with Crippen molar-refractivity contribution in [3.63, 3.8) is 0 Å². The monoisotopic (exact) mass is 238 g/mol. The zero-order valence-corrected chi connectivity index (χ0v) is 11.0. The first kappa shape index (κ1) is 10.9. The first-order chi connectivity index (χ1) is 7.76. The summed E-state index contributed by atoms with van der Waals surface area (Å²) in [6, 6.07) is 0. The molecule has 1 saturated heterocycles. The topological polar surface area (TPSA) is 24.4 Å². The lowest BCUT2D eigenvalue weighted by molar-refractivity contribution is 0.243. The van der Waals surface area contributed by atoms with Gasteiger partial charge in [0.1, 0.15) is 0 Å². The zero-order valence-electron chi connectivity index (χ0n) is 10.2. The first-order valence-corrected chi connectivity index (χ1v) is 7.75. The van der Waals surface area contributed by atoms with Crippen LogP contribution in [0.15, 0.2) is 4.99 Å². The Bertz CT molecular complexity index is 296. The van der Waals surface area contributed by atoms with Crippen LogP contribution < -0.4 is 5.32 Å². The van der Waals surface area contributed by atoms with E-state index in [1.54, 1.807) is 0 Å². The van der Waals surface area contributed by atoms with E-state index in [2.05, 4.69) is 12.2 Å². The minimum absolute atomic E-state index is 0.319. The first-order valence-electron chi connectivity index (χ1n) is 6.77. The molecular weight excluding hydrogens is 216 g/mol. The van der Waals surface area contributed by atoms with Crippen LogP contribution in [0, 0.1) is 0 Å². The Morgan fingerprint density at radius 3 is 2.50 bits per heavy atom. The van der Waals surface area contributed by atoms with Crippen molar-refractivity contribution < 1.29 is 0 Å². The van der Waals surface area contributed by atoms with Gasteiger partial charge in [-0.15, -0.1) is 0 Å². The number of hydrogen-bond donors (Lipinski definition) is 1. The number of rotatable bonds is 2. The third kappa shape index (κ3) is 1.77. The van der Waals surface area contributed by atoms with E-state index in [0.29, 0.717) is 11.1 Å². The number of aliphatic imine (C=N–C) groups is 1. The average Bonchev–Trinajstić information content (AvgIpc) is 2.84. The van der Waals surface area contributed by atoms with Gasteiger partial charge in [-0.05, 0) is 38.5 Å². The number of hydrogen-bond acceptors (Lipinski definition) is 2. The molecular formula is C13H22N2S. The molecule has 3 rings (SSSR count). The SMILES string of the molecule is CCC1(N=C2NC3(CCCC3)CS2)CCC1. The minimum atomic E-state index is 0.319. The van der Waals surface area contributed by atoms with Crippen molar-refractivity contribution >= 4 is 16.9 Å². The summed E-state index contributed by atoms with van der Waals surface area (Å²) in [7, 11) is 0. The van der Waals surface area contributed by atoms with Crippen molar-refractivity contribution in [1.29, 1.82) is 0 Å². The largest absolute Gasteiger partial charge is 0.359 e. The Hall–Kier alpha value is -0.180. The van der Waals surface area contributed by atoms with Crippen molar-refractivity contribution in [1.82, 2.24) is 5.32 Å². The molecule has 2 nitrogen and oxygen atoms in total. The van der Waals surface area contributed by atoms with Gasteiger partial charge in [0.05, 0.1) is 5.54 Å². The Kier molecular flexibility index (Phi) is 2.69. The molecule has 1 spiro atoms. The van der Waals surface area contributed by atoms with Gasteiger partial charge >= 0.3 is 0 Å². The summed E-state index contributed by atoms with van der Waals surface area (Å²) in [4.78, 5) is 5.02. The summed E-state index contributed by atoms with van der Waals surface area (Å²) < 4.78 is 0. The predicted molar refractivity (Wildman–Crippen MR) is 71.1 cm³/mol. The molecule has 1 N–H and O–H groups in total. The van der Waals surface area contributed by atoms with E-state index in [1.807, 2.05) is 11.8 Å². The standard InChI is InChI=1S/C13H22N2S/c1-2-12(8-5-9-12)14-11-15-13(10-16-11)6-3-4-7-13/h2-10H2,1H3,(H,14,15). The number of thioether (sulfide) groups is 1. The summed E-state index contributed by atoms with van der Waals surface area (Å²) in [5.41, 5.74) is 0.752. The summed E-state index contributed by atoms with van der Waals surface area (Å²) in [6.07, 6.45) is 10.7. The Labute approximate surface area is 103 Å². The van der Waals surface area contributed by atoms with E-state index in [4.69, 9.17) is 4.99 Å². The lowest BCUT2D eigenvalue weighted by Crippen LogP contribution is -2.42. The van der Waals surface area contributed by atoms with Crippen LogP contribution in [0.4, 0.5) is 0 Å². The molecule has 0 amide bonds. The van der Waals surface area contributed by atoms with Gasteiger partial charge in [0, 0.05) is 11.3 Å². The van der Waals surface area contributed by atoms with E-state index < -0.39 is 0 Å². The molecule has 0 aromatic rings. The molecule has 16 heavy (non-hydrogen) atoms. The Morgan fingerprint density at radius 2 is 1.94 bits per heavy atom. The normalized spacial score (nSPS) is 32.9. The summed E-state index contributed by atoms with van der Waals surface area (Å²) in [5, 5.41) is 4.99. The van der Waals surface area contributed by atoms with Gasteiger partial charge in [-0.3, -0.25) is 4.99 Å². The minimum Gasteiger partial charge on any atom is -0.359 e. The Morgan fingerprint density at radius 1 is 1.19 bits per heavy atom. The molecule has 90 valence electrons. The fourth-order valence-corrected chi connectivity index (χ4v) is 4.55. The van der Waals surface area contributed by atoms with Gasteiger partial charge in [-0.25, -0.2) is 0 Å². The highest BCUT2D eigenvalue weighted by Gasteiger charge is 2.42. The molecule has 0 radical (unpaired) electrons. The summed E-state index contributed by atoms with van der Waals surface area (Å²) in [5.74, 6) is 1.26. The lowest BCUT2D eigenvalue weighted by Gasteiger charge is -2.37.